The number of rotatable bonds is 6. The lowest BCUT2D eigenvalue weighted by Gasteiger charge is -2.29. The molecule has 5 rings (SSSR count). The highest BCUT2D eigenvalue weighted by atomic mass is 16.5. The topological polar surface area (TPSA) is 97.4 Å². The Bertz CT molecular complexity index is 1250. The van der Waals surface area contributed by atoms with E-state index in [1.165, 1.54) is 0 Å². The summed E-state index contributed by atoms with van der Waals surface area (Å²) in [7, 11) is 4.75. The molecule has 9 heteroatoms. The van der Waals surface area contributed by atoms with Crippen LogP contribution in [0.4, 0.5) is 4.79 Å². The van der Waals surface area contributed by atoms with Gasteiger partial charge in [-0.05, 0) is 36.0 Å². The molecule has 1 saturated heterocycles. The van der Waals surface area contributed by atoms with E-state index in [-0.39, 0.29) is 18.4 Å². The van der Waals surface area contributed by atoms with Gasteiger partial charge in [0, 0.05) is 25.2 Å². The van der Waals surface area contributed by atoms with Gasteiger partial charge in [-0.1, -0.05) is 30.3 Å². The lowest BCUT2D eigenvalue weighted by atomic mass is 9.92. The maximum Gasteiger partial charge on any atom is 0.325 e. The Balaban J connectivity index is 1.31. The predicted molar refractivity (Wildman–Crippen MR) is 132 cm³/mol. The molecular weight excluding hydrogens is 462 g/mol. The lowest BCUT2D eigenvalue weighted by Crippen LogP contribution is -2.45. The second kappa shape index (κ2) is 9.22. The summed E-state index contributed by atoms with van der Waals surface area (Å²) in [5.74, 6) is 1.24. The largest absolute Gasteiger partial charge is 0.496 e. The van der Waals surface area contributed by atoms with Crippen molar-refractivity contribution in [3.05, 3.63) is 59.2 Å². The Kier molecular flexibility index (Phi) is 6.07. The van der Waals surface area contributed by atoms with Crippen molar-refractivity contribution in [1.82, 2.24) is 15.1 Å². The third-order valence-corrected chi connectivity index (χ3v) is 7.31. The molecule has 3 aliphatic rings. The van der Waals surface area contributed by atoms with Gasteiger partial charge in [0.25, 0.3) is 5.91 Å². The molecule has 1 aliphatic carbocycles. The monoisotopic (exact) mass is 491 g/mol. The highest BCUT2D eigenvalue weighted by molar-refractivity contribution is 6.10. The van der Waals surface area contributed by atoms with Crippen molar-refractivity contribution >= 4 is 23.4 Å². The molecule has 0 unspecified atom stereocenters. The van der Waals surface area contributed by atoms with Crippen molar-refractivity contribution in [2.45, 2.75) is 24.8 Å². The van der Waals surface area contributed by atoms with Crippen LogP contribution in [0.5, 0.6) is 17.2 Å². The van der Waals surface area contributed by atoms with Gasteiger partial charge in [0.05, 0.1) is 26.9 Å². The van der Waals surface area contributed by atoms with Gasteiger partial charge in [0.1, 0.15) is 29.3 Å². The molecule has 2 aromatic carbocycles. The maximum absolute atomic E-state index is 13.4. The van der Waals surface area contributed by atoms with Crippen molar-refractivity contribution in [1.29, 1.82) is 0 Å². The third-order valence-electron chi connectivity index (χ3n) is 7.31. The molecule has 1 N–H and O–H groups in total. The van der Waals surface area contributed by atoms with Gasteiger partial charge in [-0.25, -0.2) is 4.79 Å². The predicted octanol–water partition coefficient (Wildman–Crippen LogP) is 2.72. The van der Waals surface area contributed by atoms with E-state index in [4.69, 9.17) is 14.2 Å². The van der Waals surface area contributed by atoms with Gasteiger partial charge in [0.15, 0.2) is 0 Å². The van der Waals surface area contributed by atoms with Crippen LogP contribution in [0.15, 0.2) is 42.5 Å². The number of aryl methyl sites for hydroxylation is 1. The highest BCUT2D eigenvalue weighted by Gasteiger charge is 2.55. The van der Waals surface area contributed by atoms with Crippen LogP contribution in [0.3, 0.4) is 0 Å². The molecule has 0 saturated carbocycles. The van der Waals surface area contributed by atoms with Crippen LogP contribution in [-0.4, -0.2) is 68.6 Å². The van der Waals surface area contributed by atoms with Crippen LogP contribution in [0.25, 0.3) is 5.57 Å². The number of urea groups is 1. The number of nitrogens with one attached hydrogen (secondary N) is 1. The second-order valence-corrected chi connectivity index (χ2v) is 9.11. The lowest BCUT2D eigenvalue weighted by molar-refractivity contribution is -0.139. The fourth-order valence-corrected chi connectivity index (χ4v) is 5.41. The fourth-order valence-electron chi connectivity index (χ4n) is 5.41. The number of imide groups is 1. The quantitative estimate of drug-likeness (QED) is 0.624. The first-order valence-electron chi connectivity index (χ1n) is 11.9. The van der Waals surface area contributed by atoms with Gasteiger partial charge in [-0.3, -0.25) is 14.5 Å². The zero-order chi connectivity index (χ0) is 25.4. The van der Waals surface area contributed by atoms with Crippen molar-refractivity contribution in [3.8, 4) is 17.2 Å². The Morgan fingerprint density at radius 1 is 1.03 bits per heavy atom. The number of carbonyl (C=O) groups is 3. The molecule has 2 aromatic rings. The average molecular weight is 492 g/mol. The second-order valence-electron chi connectivity index (χ2n) is 9.11. The summed E-state index contributed by atoms with van der Waals surface area (Å²) >= 11 is 0. The molecule has 36 heavy (non-hydrogen) atoms. The summed E-state index contributed by atoms with van der Waals surface area (Å²) in [4.78, 5) is 42.0. The summed E-state index contributed by atoms with van der Waals surface area (Å²) in [6.45, 7) is 0.512. The van der Waals surface area contributed by atoms with Crippen molar-refractivity contribution in [3.63, 3.8) is 0 Å². The van der Waals surface area contributed by atoms with E-state index in [0.717, 1.165) is 27.2 Å². The van der Waals surface area contributed by atoms with Gasteiger partial charge in [-0.15, -0.1) is 0 Å². The zero-order valence-corrected chi connectivity index (χ0v) is 20.6. The highest BCUT2D eigenvalue weighted by Crippen LogP contribution is 2.42. The molecule has 4 amide bonds. The van der Waals surface area contributed by atoms with Crippen LogP contribution in [0.1, 0.15) is 29.5 Å². The molecule has 1 atom stereocenters. The van der Waals surface area contributed by atoms with E-state index in [1.54, 1.807) is 38.4 Å². The van der Waals surface area contributed by atoms with E-state index >= 15 is 0 Å². The molecule has 0 aromatic heterocycles. The number of benzene rings is 2. The van der Waals surface area contributed by atoms with Crippen molar-refractivity contribution in [2.24, 2.45) is 0 Å². The first kappa shape index (κ1) is 23.7. The van der Waals surface area contributed by atoms with Crippen LogP contribution >= 0.6 is 0 Å². The molecule has 1 fully saturated rings. The summed E-state index contributed by atoms with van der Waals surface area (Å²) in [5, 5.41) is 2.87. The van der Waals surface area contributed by atoms with Crippen LogP contribution in [-0.2, 0) is 21.5 Å². The van der Waals surface area contributed by atoms with Crippen LogP contribution < -0.4 is 19.5 Å². The summed E-state index contributed by atoms with van der Waals surface area (Å²) in [6, 6.07) is 10.7. The van der Waals surface area contributed by atoms with Gasteiger partial charge in [-0.2, -0.15) is 0 Å². The SMILES string of the molecule is COc1cc(OC)c(C2=CCN(C(=O)CN3C(=O)N[C@@]4(CCc5ccccc54)C3=O)CC2)c(OC)c1. The summed E-state index contributed by atoms with van der Waals surface area (Å²) in [6.07, 6.45) is 3.74. The molecular formula is C27H29N3O6. The standard InChI is InChI=1S/C27H29N3O6/c1-34-19-14-21(35-2)24(22(15-19)36-3)18-9-12-29(13-10-18)23(31)16-30-25(32)27(28-26(30)33)11-8-17-6-4-5-7-20(17)27/h4-7,9,14-15H,8,10-13,16H2,1-3H3,(H,28,33)/t27-/m1/s1. The fraction of sp³-hybridized carbons (Fsp3) is 0.370. The van der Waals surface area contributed by atoms with E-state index in [2.05, 4.69) is 5.32 Å². The van der Waals surface area contributed by atoms with Gasteiger partial charge >= 0.3 is 6.03 Å². The minimum Gasteiger partial charge on any atom is -0.496 e. The molecule has 9 nitrogen and oxygen atoms in total. The Morgan fingerprint density at radius 2 is 1.75 bits per heavy atom. The number of hydrogen-bond donors (Lipinski definition) is 1. The number of fused-ring (bicyclic) bond motifs is 2. The average Bonchev–Trinajstić information content (AvgIpc) is 3.40. The van der Waals surface area contributed by atoms with Crippen LogP contribution in [0.2, 0.25) is 0 Å². The summed E-state index contributed by atoms with van der Waals surface area (Å²) in [5.41, 5.74) is 2.63. The zero-order valence-electron chi connectivity index (χ0n) is 20.6. The Hall–Kier alpha value is -4.01. The van der Waals surface area contributed by atoms with E-state index in [1.807, 2.05) is 30.3 Å². The molecule has 1 spiro atoms. The maximum atomic E-state index is 13.4. The molecule has 0 radical (unpaired) electrons. The molecule has 0 bridgehead atoms. The van der Waals surface area contributed by atoms with E-state index in [0.29, 0.717) is 49.6 Å². The number of nitrogens with zero attached hydrogens (tertiary/aromatic N) is 2. The van der Waals surface area contributed by atoms with Crippen molar-refractivity contribution < 1.29 is 28.6 Å². The number of hydrogen-bond acceptors (Lipinski definition) is 6. The van der Waals surface area contributed by atoms with Crippen molar-refractivity contribution in [2.75, 3.05) is 41.0 Å². The Morgan fingerprint density at radius 3 is 2.39 bits per heavy atom. The first-order chi connectivity index (χ1) is 17.4. The number of methoxy groups -OCH3 is 3. The third kappa shape index (κ3) is 3.75. The minimum atomic E-state index is -1.07. The Labute approximate surface area is 209 Å². The number of ether oxygens (including phenoxy) is 3. The summed E-state index contributed by atoms with van der Waals surface area (Å²) < 4.78 is 16.5. The van der Waals surface area contributed by atoms with Crippen LogP contribution in [0, 0.1) is 0 Å². The van der Waals surface area contributed by atoms with Gasteiger partial charge in [0.2, 0.25) is 5.91 Å². The number of carbonyl (C=O) groups excluding carboxylic acids is 3. The smallest absolute Gasteiger partial charge is 0.325 e. The normalized spacial score (nSPS) is 20.8. The minimum absolute atomic E-state index is 0.272. The molecule has 188 valence electrons. The van der Waals surface area contributed by atoms with Gasteiger partial charge < -0.3 is 24.4 Å². The van der Waals surface area contributed by atoms with E-state index in [9.17, 15) is 14.4 Å². The van der Waals surface area contributed by atoms with E-state index < -0.39 is 11.6 Å². The first-order valence-corrected chi connectivity index (χ1v) is 11.9. The number of amides is 4. The molecule has 2 aliphatic heterocycles. The molecule has 2 heterocycles.